The molecule has 0 atom stereocenters. The summed E-state index contributed by atoms with van der Waals surface area (Å²) in [5.41, 5.74) is 1.64. The number of fused-ring (bicyclic) bond motifs is 1. The monoisotopic (exact) mass is 374 g/mol. The van der Waals surface area contributed by atoms with Gasteiger partial charge < -0.3 is 9.84 Å². The van der Waals surface area contributed by atoms with Crippen LogP contribution in [0.3, 0.4) is 0 Å². The van der Waals surface area contributed by atoms with Crippen LogP contribution in [0.5, 0.6) is 5.75 Å². The van der Waals surface area contributed by atoms with Crippen molar-refractivity contribution in [2.24, 2.45) is 0 Å². The van der Waals surface area contributed by atoms with Crippen LogP contribution in [0.1, 0.15) is 33.9 Å². The van der Waals surface area contributed by atoms with Gasteiger partial charge in [0.2, 0.25) is 5.75 Å². The van der Waals surface area contributed by atoms with Gasteiger partial charge in [0, 0.05) is 12.1 Å². The van der Waals surface area contributed by atoms with Crippen molar-refractivity contribution in [1.82, 2.24) is 9.55 Å². The number of aromatic carboxylic acids is 1. The molecule has 2 heterocycles. The minimum Gasteiger partial charge on any atom is -0.481 e. The Morgan fingerprint density at radius 1 is 1.07 bits per heavy atom. The van der Waals surface area contributed by atoms with Crippen LogP contribution in [0, 0.1) is 0 Å². The summed E-state index contributed by atoms with van der Waals surface area (Å²) >= 11 is 0. The Morgan fingerprint density at radius 3 is 2.43 bits per heavy atom. The Labute approximate surface area is 161 Å². The zero-order chi connectivity index (χ0) is 19.5. The van der Waals surface area contributed by atoms with E-state index in [9.17, 15) is 14.7 Å². The molecule has 1 N–H and O–H groups in total. The maximum absolute atomic E-state index is 13.0. The molecule has 1 aliphatic rings. The number of benzene rings is 2. The number of rotatable bonds is 5. The summed E-state index contributed by atoms with van der Waals surface area (Å²) in [7, 11) is 0. The van der Waals surface area contributed by atoms with E-state index in [1.54, 1.807) is 0 Å². The molecule has 140 valence electrons. The first-order valence-electron chi connectivity index (χ1n) is 8.96. The van der Waals surface area contributed by atoms with Crippen molar-refractivity contribution in [3.8, 4) is 5.75 Å². The van der Waals surface area contributed by atoms with E-state index in [1.165, 1.54) is 4.57 Å². The standard InChI is InChI=1S/C22H18N2O4/c25-21-19(28-14-15-8-3-1-4-9-15)18(22(26)27)23-20-17(12-7-13-24(20)21)16-10-5-2-6-11-16/h1-6,8-12H,7,13-14H2,(H,26,27). The van der Waals surface area contributed by atoms with E-state index < -0.39 is 11.5 Å². The molecule has 1 aliphatic heterocycles. The Balaban J connectivity index is 1.79. The maximum Gasteiger partial charge on any atom is 0.358 e. The molecule has 0 saturated heterocycles. The van der Waals surface area contributed by atoms with E-state index in [-0.39, 0.29) is 18.1 Å². The highest BCUT2D eigenvalue weighted by atomic mass is 16.5. The van der Waals surface area contributed by atoms with Crippen LogP contribution >= 0.6 is 0 Å². The Kier molecular flexibility index (Phi) is 4.76. The molecule has 6 nitrogen and oxygen atoms in total. The van der Waals surface area contributed by atoms with E-state index >= 15 is 0 Å². The van der Waals surface area contributed by atoms with Crippen LogP contribution in [0.15, 0.2) is 71.5 Å². The molecule has 2 aromatic carbocycles. The third kappa shape index (κ3) is 3.32. The summed E-state index contributed by atoms with van der Waals surface area (Å²) in [6.07, 6.45) is 2.64. The van der Waals surface area contributed by atoms with Crippen molar-refractivity contribution in [2.45, 2.75) is 19.6 Å². The van der Waals surface area contributed by atoms with Crippen molar-refractivity contribution in [3.63, 3.8) is 0 Å². The van der Waals surface area contributed by atoms with Crippen LogP contribution in [-0.4, -0.2) is 20.6 Å². The number of hydrogen-bond acceptors (Lipinski definition) is 4. The van der Waals surface area contributed by atoms with Crippen molar-refractivity contribution in [1.29, 1.82) is 0 Å². The lowest BCUT2D eigenvalue weighted by Crippen LogP contribution is -2.31. The van der Waals surface area contributed by atoms with Gasteiger partial charge in [0.25, 0.3) is 5.56 Å². The molecule has 4 rings (SSSR count). The molecule has 0 saturated carbocycles. The highest BCUT2D eigenvalue weighted by Gasteiger charge is 2.26. The second-order valence-electron chi connectivity index (χ2n) is 6.42. The molecule has 28 heavy (non-hydrogen) atoms. The number of allylic oxidation sites excluding steroid dienone is 1. The van der Waals surface area contributed by atoms with Gasteiger partial charge in [-0.1, -0.05) is 66.7 Å². The average Bonchev–Trinajstić information content (AvgIpc) is 2.74. The molecule has 0 spiro atoms. The van der Waals surface area contributed by atoms with Gasteiger partial charge >= 0.3 is 5.97 Å². The molecular weight excluding hydrogens is 356 g/mol. The minimum absolute atomic E-state index is 0.0960. The molecule has 0 aliphatic carbocycles. The van der Waals surface area contributed by atoms with Gasteiger partial charge in [0.05, 0.1) is 0 Å². The molecule has 0 unspecified atom stereocenters. The maximum atomic E-state index is 13.0. The van der Waals surface area contributed by atoms with Crippen LogP contribution in [0.4, 0.5) is 0 Å². The second-order valence-corrected chi connectivity index (χ2v) is 6.42. The first-order valence-corrected chi connectivity index (χ1v) is 8.96. The summed E-state index contributed by atoms with van der Waals surface area (Å²) in [6.45, 7) is 0.526. The molecular formula is C22H18N2O4. The number of aromatic nitrogens is 2. The predicted molar refractivity (Wildman–Crippen MR) is 104 cm³/mol. The van der Waals surface area contributed by atoms with Crippen LogP contribution in [0.2, 0.25) is 0 Å². The van der Waals surface area contributed by atoms with E-state index in [1.807, 2.05) is 66.7 Å². The lowest BCUT2D eigenvalue weighted by atomic mass is 10.0. The zero-order valence-electron chi connectivity index (χ0n) is 15.0. The van der Waals surface area contributed by atoms with Gasteiger partial charge in [-0.25, -0.2) is 9.78 Å². The zero-order valence-corrected chi connectivity index (χ0v) is 15.0. The quantitative estimate of drug-likeness (QED) is 0.741. The van der Waals surface area contributed by atoms with Gasteiger partial charge in [0.1, 0.15) is 12.4 Å². The Bertz CT molecular complexity index is 1100. The molecule has 0 amide bonds. The third-order valence-electron chi connectivity index (χ3n) is 4.58. The van der Waals surface area contributed by atoms with Crippen molar-refractivity contribution >= 4 is 11.5 Å². The average molecular weight is 374 g/mol. The topological polar surface area (TPSA) is 81.4 Å². The Hall–Kier alpha value is -3.67. The number of carboxylic acids is 1. The number of carboxylic acid groups (broad SMARTS) is 1. The number of nitrogens with zero attached hydrogens (tertiary/aromatic N) is 2. The van der Waals surface area contributed by atoms with Gasteiger partial charge in [-0.05, 0) is 17.5 Å². The highest BCUT2D eigenvalue weighted by molar-refractivity contribution is 5.89. The van der Waals surface area contributed by atoms with E-state index in [4.69, 9.17) is 4.74 Å². The summed E-state index contributed by atoms with van der Waals surface area (Å²) < 4.78 is 7.12. The number of hydrogen-bond donors (Lipinski definition) is 1. The first-order chi connectivity index (χ1) is 13.6. The van der Waals surface area contributed by atoms with Crippen LogP contribution < -0.4 is 10.3 Å². The molecule has 6 heteroatoms. The molecule has 0 fully saturated rings. The van der Waals surface area contributed by atoms with Crippen molar-refractivity contribution < 1.29 is 14.6 Å². The van der Waals surface area contributed by atoms with Crippen molar-refractivity contribution in [3.05, 3.63) is 99.7 Å². The van der Waals surface area contributed by atoms with Crippen LogP contribution in [-0.2, 0) is 13.2 Å². The first kappa shape index (κ1) is 17.7. The van der Waals surface area contributed by atoms with E-state index in [2.05, 4.69) is 4.98 Å². The van der Waals surface area contributed by atoms with Gasteiger partial charge in [-0.2, -0.15) is 0 Å². The van der Waals surface area contributed by atoms with E-state index in [0.717, 1.165) is 16.7 Å². The molecule has 0 bridgehead atoms. The van der Waals surface area contributed by atoms with Gasteiger partial charge in [-0.15, -0.1) is 0 Å². The second kappa shape index (κ2) is 7.52. The smallest absolute Gasteiger partial charge is 0.358 e. The molecule has 1 aromatic heterocycles. The normalized spacial score (nSPS) is 12.8. The summed E-state index contributed by atoms with van der Waals surface area (Å²) in [6, 6.07) is 18.8. The SMILES string of the molecule is O=C(O)c1nc2n(c(=O)c1OCc1ccccc1)CCC=C2c1ccccc1. The fourth-order valence-electron chi connectivity index (χ4n) is 3.25. The minimum atomic E-state index is -1.29. The summed E-state index contributed by atoms with van der Waals surface area (Å²) in [5.74, 6) is -1.16. The fourth-order valence-corrected chi connectivity index (χ4v) is 3.25. The fraction of sp³-hybridized carbons (Fsp3) is 0.136. The van der Waals surface area contributed by atoms with E-state index in [0.29, 0.717) is 18.8 Å². The van der Waals surface area contributed by atoms with Gasteiger partial charge in [-0.3, -0.25) is 9.36 Å². The third-order valence-corrected chi connectivity index (χ3v) is 4.58. The Morgan fingerprint density at radius 2 is 1.75 bits per heavy atom. The highest BCUT2D eigenvalue weighted by Crippen LogP contribution is 2.27. The molecule has 0 radical (unpaired) electrons. The molecule has 3 aromatic rings. The number of carbonyl (C=O) groups is 1. The largest absolute Gasteiger partial charge is 0.481 e. The van der Waals surface area contributed by atoms with Crippen LogP contribution in [0.25, 0.3) is 5.57 Å². The number of ether oxygens (including phenoxy) is 1. The predicted octanol–water partition coefficient (Wildman–Crippen LogP) is 3.36. The summed E-state index contributed by atoms with van der Waals surface area (Å²) in [5, 5.41) is 9.64. The van der Waals surface area contributed by atoms with Crippen molar-refractivity contribution in [2.75, 3.05) is 0 Å². The lowest BCUT2D eigenvalue weighted by molar-refractivity contribution is 0.0683. The summed E-state index contributed by atoms with van der Waals surface area (Å²) in [4.78, 5) is 29.2. The van der Waals surface area contributed by atoms with Gasteiger partial charge in [0.15, 0.2) is 5.69 Å². The lowest BCUT2D eigenvalue weighted by Gasteiger charge is -2.21.